The van der Waals surface area contributed by atoms with Crippen molar-refractivity contribution in [2.75, 3.05) is 18.0 Å². The number of aryl methyl sites for hydroxylation is 1. The van der Waals surface area contributed by atoms with Crippen LogP contribution in [0.4, 0.5) is 10.6 Å². The molecule has 1 amide bonds. The monoisotopic (exact) mass is 438 g/mol. The van der Waals surface area contributed by atoms with Crippen molar-refractivity contribution >= 4 is 28.5 Å². The van der Waals surface area contributed by atoms with E-state index in [4.69, 9.17) is 14.7 Å². The molecule has 1 aliphatic rings. The molecule has 1 N–H and O–H groups in total. The lowest BCUT2D eigenvalue weighted by atomic mass is 10.1. The Morgan fingerprint density at radius 2 is 1.82 bits per heavy atom. The van der Waals surface area contributed by atoms with E-state index >= 15 is 0 Å². The molecular formula is C26H22N4O3. The molecule has 33 heavy (non-hydrogen) atoms. The molecule has 4 aromatic rings. The number of amides is 1. The van der Waals surface area contributed by atoms with Gasteiger partial charge in [0, 0.05) is 24.1 Å². The van der Waals surface area contributed by atoms with E-state index in [1.54, 1.807) is 42.5 Å². The Kier molecular flexibility index (Phi) is 5.44. The molecule has 2 heterocycles. The van der Waals surface area contributed by atoms with Crippen LogP contribution < -0.4 is 9.64 Å². The fraction of sp³-hybridized carbons (Fsp3) is 0.154. The van der Waals surface area contributed by atoms with Gasteiger partial charge in [-0.2, -0.15) is 4.99 Å². The molecule has 0 atom stereocenters. The average molecular weight is 438 g/mol. The maximum atomic E-state index is 12.3. The van der Waals surface area contributed by atoms with Crippen molar-refractivity contribution in [2.24, 2.45) is 4.99 Å². The van der Waals surface area contributed by atoms with Crippen molar-refractivity contribution in [1.82, 2.24) is 9.97 Å². The summed E-state index contributed by atoms with van der Waals surface area (Å²) in [7, 11) is 0. The molecule has 1 fully saturated rings. The van der Waals surface area contributed by atoms with Crippen LogP contribution >= 0.6 is 0 Å². The van der Waals surface area contributed by atoms with E-state index in [9.17, 15) is 9.90 Å². The van der Waals surface area contributed by atoms with Crippen molar-refractivity contribution in [2.45, 2.75) is 13.3 Å². The number of aromatic nitrogens is 2. The third-order valence-electron chi connectivity index (χ3n) is 5.52. The van der Waals surface area contributed by atoms with E-state index in [0.717, 1.165) is 28.0 Å². The number of carbonyl (C=O) groups is 1. The van der Waals surface area contributed by atoms with Gasteiger partial charge in [-0.05, 0) is 48.9 Å². The molecule has 3 aromatic carbocycles. The molecule has 0 radical (unpaired) electrons. The Morgan fingerprint density at radius 3 is 2.64 bits per heavy atom. The number of hydrogen-bond donors (Lipinski definition) is 1. The first-order chi connectivity index (χ1) is 16.1. The molecule has 1 aliphatic heterocycles. The summed E-state index contributed by atoms with van der Waals surface area (Å²) < 4.78 is 5.29. The minimum absolute atomic E-state index is 0.128. The zero-order valence-electron chi connectivity index (χ0n) is 18.1. The average Bonchev–Trinajstić information content (AvgIpc) is 3.27. The van der Waals surface area contributed by atoms with E-state index < -0.39 is 6.09 Å². The van der Waals surface area contributed by atoms with E-state index in [0.29, 0.717) is 36.6 Å². The number of rotatable bonds is 3. The van der Waals surface area contributed by atoms with Crippen molar-refractivity contribution in [1.29, 1.82) is 0 Å². The summed E-state index contributed by atoms with van der Waals surface area (Å²) in [5.74, 6) is 1.80. The van der Waals surface area contributed by atoms with Crippen molar-refractivity contribution < 1.29 is 14.6 Å². The number of aromatic hydroxyl groups is 1. The molecule has 0 spiro atoms. The number of para-hydroxylation sites is 2. The number of phenols is 1. The number of ether oxygens (including phenoxy) is 1. The Balaban J connectivity index is 1.47. The zero-order valence-corrected chi connectivity index (χ0v) is 18.1. The van der Waals surface area contributed by atoms with Crippen LogP contribution in [0.5, 0.6) is 11.5 Å². The maximum Gasteiger partial charge on any atom is 0.439 e. The number of hydrogen-bond acceptors (Lipinski definition) is 6. The van der Waals surface area contributed by atoms with E-state index in [2.05, 4.69) is 9.89 Å². The summed E-state index contributed by atoms with van der Waals surface area (Å²) in [6, 6.07) is 22.0. The van der Waals surface area contributed by atoms with E-state index in [1.807, 2.05) is 37.3 Å². The van der Waals surface area contributed by atoms with Gasteiger partial charge in [0.2, 0.25) is 0 Å². The number of nitrogens with zero attached hydrogens (tertiary/aromatic N) is 4. The highest BCUT2D eigenvalue weighted by Gasteiger charge is 2.24. The number of carbonyl (C=O) groups excluding carboxylic acids is 1. The highest BCUT2D eigenvalue weighted by atomic mass is 16.5. The van der Waals surface area contributed by atoms with Gasteiger partial charge in [0.05, 0.1) is 17.6 Å². The van der Waals surface area contributed by atoms with Crippen LogP contribution in [0.25, 0.3) is 22.3 Å². The Bertz CT molecular complexity index is 1370. The SMILES string of the molecule is Cc1ccc2c(N3CCC(=NC(=O)Oc4ccccc4)C3)nc(-c3ccccc3O)nc2c1. The van der Waals surface area contributed by atoms with E-state index in [-0.39, 0.29) is 5.75 Å². The number of phenolic OH excluding ortho intramolecular Hbond substituents is 1. The third kappa shape index (κ3) is 4.39. The first kappa shape index (κ1) is 20.6. The molecule has 164 valence electrons. The summed E-state index contributed by atoms with van der Waals surface area (Å²) in [6.45, 7) is 3.14. The van der Waals surface area contributed by atoms with Crippen LogP contribution in [0.15, 0.2) is 77.8 Å². The van der Waals surface area contributed by atoms with Gasteiger partial charge in [0.1, 0.15) is 17.3 Å². The van der Waals surface area contributed by atoms with Crippen LogP contribution in [0.3, 0.4) is 0 Å². The van der Waals surface area contributed by atoms with Gasteiger partial charge in [0.15, 0.2) is 5.82 Å². The fourth-order valence-electron chi connectivity index (χ4n) is 3.90. The Morgan fingerprint density at radius 1 is 1.03 bits per heavy atom. The number of anilines is 1. The first-order valence-electron chi connectivity index (χ1n) is 10.7. The highest BCUT2D eigenvalue weighted by molar-refractivity contribution is 6.01. The second kappa shape index (κ2) is 8.70. The van der Waals surface area contributed by atoms with Crippen molar-refractivity contribution in [3.8, 4) is 22.9 Å². The van der Waals surface area contributed by atoms with Crippen LogP contribution in [-0.2, 0) is 0 Å². The van der Waals surface area contributed by atoms with Crippen LogP contribution in [0, 0.1) is 6.92 Å². The topological polar surface area (TPSA) is 87.9 Å². The largest absolute Gasteiger partial charge is 0.507 e. The van der Waals surface area contributed by atoms with E-state index in [1.165, 1.54) is 0 Å². The molecular weight excluding hydrogens is 416 g/mol. The second-order valence-corrected chi connectivity index (χ2v) is 7.94. The van der Waals surface area contributed by atoms with Gasteiger partial charge >= 0.3 is 6.09 Å². The lowest BCUT2D eigenvalue weighted by Gasteiger charge is -2.19. The maximum absolute atomic E-state index is 12.3. The molecule has 0 saturated carbocycles. The molecule has 5 rings (SSSR count). The molecule has 1 aromatic heterocycles. The predicted octanol–water partition coefficient (Wildman–Crippen LogP) is 5.16. The van der Waals surface area contributed by atoms with Crippen LogP contribution in [-0.4, -0.2) is 40.0 Å². The quantitative estimate of drug-likeness (QED) is 0.475. The second-order valence-electron chi connectivity index (χ2n) is 7.94. The lowest BCUT2D eigenvalue weighted by molar-refractivity contribution is 0.211. The summed E-state index contributed by atoms with van der Waals surface area (Å²) in [5.41, 5.74) is 3.19. The fourth-order valence-corrected chi connectivity index (χ4v) is 3.90. The Labute approximate surface area is 191 Å². The van der Waals surface area contributed by atoms with Gasteiger partial charge in [-0.25, -0.2) is 14.8 Å². The first-order valence-corrected chi connectivity index (χ1v) is 10.7. The molecule has 7 heteroatoms. The lowest BCUT2D eigenvalue weighted by Crippen LogP contribution is -2.22. The minimum atomic E-state index is -0.629. The standard InChI is InChI=1S/C26H22N4O3/c1-17-11-12-20-22(15-17)28-24(21-9-5-6-10-23(21)31)29-25(20)30-14-13-18(16-30)27-26(32)33-19-7-3-2-4-8-19/h2-12,15,31H,13-14,16H2,1H3. The van der Waals surface area contributed by atoms with Gasteiger partial charge in [-0.3, -0.25) is 0 Å². The van der Waals surface area contributed by atoms with Crippen LogP contribution in [0.1, 0.15) is 12.0 Å². The van der Waals surface area contributed by atoms with Crippen LogP contribution in [0.2, 0.25) is 0 Å². The predicted molar refractivity (Wildman–Crippen MR) is 128 cm³/mol. The normalized spacial score (nSPS) is 14.7. The molecule has 0 aliphatic carbocycles. The number of aliphatic imine (C=N–C) groups is 1. The third-order valence-corrected chi connectivity index (χ3v) is 5.52. The Hall–Kier alpha value is -4.26. The molecule has 0 bridgehead atoms. The van der Waals surface area contributed by atoms with Gasteiger partial charge in [0.25, 0.3) is 0 Å². The summed E-state index contributed by atoms with van der Waals surface area (Å²) in [4.78, 5) is 28.0. The molecule has 7 nitrogen and oxygen atoms in total. The highest BCUT2D eigenvalue weighted by Crippen LogP contribution is 2.33. The van der Waals surface area contributed by atoms with Crippen molar-refractivity contribution in [3.05, 3.63) is 78.4 Å². The minimum Gasteiger partial charge on any atom is -0.507 e. The smallest absolute Gasteiger partial charge is 0.439 e. The molecule has 0 unspecified atom stereocenters. The van der Waals surface area contributed by atoms with Gasteiger partial charge < -0.3 is 14.7 Å². The summed E-state index contributed by atoms with van der Waals surface area (Å²) in [6.07, 6.45) is 0.00352. The van der Waals surface area contributed by atoms with Gasteiger partial charge in [-0.1, -0.05) is 36.4 Å². The summed E-state index contributed by atoms with van der Waals surface area (Å²) in [5, 5.41) is 11.3. The molecule has 1 saturated heterocycles. The number of benzene rings is 3. The summed E-state index contributed by atoms with van der Waals surface area (Å²) >= 11 is 0. The number of fused-ring (bicyclic) bond motifs is 1. The van der Waals surface area contributed by atoms with Gasteiger partial charge in [-0.15, -0.1) is 0 Å². The van der Waals surface area contributed by atoms with Crippen molar-refractivity contribution in [3.63, 3.8) is 0 Å². The zero-order chi connectivity index (χ0) is 22.8.